The summed E-state index contributed by atoms with van der Waals surface area (Å²) in [6, 6.07) is 4.22. The lowest BCUT2D eigenvalue weighted by Crippen LogP contribution is -2.41. The highest BCUT2D eigenvalue weighted by atomic mass is 15.2. The van der Waals surface area contributed by atoms with Crippen molar-refractivity contribution in [3.63, 3.8) is 0 Å². The number of amidine groups is 1. The molecule has 0 aliphatic carbocycles. The zero-order valence-corrected chi connectivity index (χ0v) is 15.1. The second-order valence-corrected chi connectivity index (χ2v) is 7.17. The first kappa shape index (κ1) is 16.5. The Labute approximate surface area is 152 Å². The number of likely N-dealkylation sites (tertiary alicyclic amines) is 1. The fourth-order valence-electron chi connectivity index (χ4n) is 4.08. The fourth-order valence-corrected chi connectivity index (χ4v) is 4.08. The number of aromatic amines is 1. The number of nitriles is 1. The zero-order valence-electron chi connectivity index (χ0n) is 15.1. The maximum absolute atomic E-state index is 9.05. The summed E-state index contributed by atoms with van der Waals surface area (Å²) >= 11 is 0. The Morgan fingerprint density at radius 3 is 3.08 bits per heavy atom. The van der Waals surface area contributed by atoms with Gasteiger partial charge in [0.25, 0.3) is 0 Å². The summed E-state index contributed by atoms with van der Waals surface area (Å²) in [5, 5.41) is 11.4. The van der Waals surface area contributed by atoms with E-state index in [1.54, 1.807) is 0 Å². The average molecular weight is 346 g/mol. The summed E-state index contributed by atoms with van der Waals surface area (Å²) in [6.45, 7) is 6.03. The Morgan fingerprint density at radius 1 is 1.38 bits per heavy atom. The third-order valence-electron chi connectivity index (χ3n) is 5.19. The van der Waals surface area contributed by atoms with E-state index in [-0.39, 0.29) is 5.92 Å². The van der Waals surface area contributed by atoms with Crippen molar-refractivity contribution in [2.24, 2.45) is 10.9 Å². The number of nitrogens with zero attached hydrogens (tertiary/aromatic N) is 5. The molecule has 1 fully saturated rings. The molecule has 0 unspecified atom stereocenters. The molecule has 3 aromatic rings. The van der Waals surface area contributed by atoms with Crippen LogP contribution in [0.1, 0.15) is 38.2 Å². The zero-order chi connectivity index (χ0) is 18.1. The topological polar surface area (TPSA) is 81.0 Å². The summed E-state index contributed by atoms with van der Waals surface area (Å²) in [5.74, 6) is 1.53. The molecule has 1 N–H and O–H groups in total. The molecule has 4 rings (SSSR count). The van der Waals surface area contributed by atoms with E-state index in [1.807, 2.05) is 30.9 Å². The number of piperidine rings is 1. The Morgan fingerprint density at radius 2 is 2.27 bits per heavy atom. The quantitative estimate of drug-likeness (QED) is 0.434. The second-order valence-electron chi connectivity index (χ2n) is 7.17. The molecule has 4 heterocycles. The normalized spacial score (nSPS) is 18.6. The van der Waals surface area contributed by atoms with Crippen LogP contribution in [0.25, 0.3) is 21.9 Å². The molecular formula is C20H22N6. The fraction of sp³-hybridized carbons (Fsp3) is 0.400. The number of rotatable bonds is 2. The van der Waals surface area contributed by atoms with Crippen LogP contribution < -0.4 is 0 Å². The van der Waals surface area contributed by atoms with Crippen LogP contribution in [0.2, 0.25) is 0 Å². The van der Waals surface area contributed by atoms with Crippen LogP contribution in [0.4, 0.5) is 0 Å². The van der Waals surface area contributed by atoms with Gasteiger partial charge in [-0.15, -0.1) is 0 Å². The largest absolute Gasteiger partial charge is 0.360 e. The lowest BCUT2D eigenvalue weighted by molar-refractivity contribution is 0.300. The maximum atomic E-state index is 9.05. The molecule has 1 aliphatic heterocycles. The monoisotopic (exact) mass is 346 g/mol. The van der Waals surface area contributed by atoms with Gasteiger partial charge in [-0.25, -0.2) is 9.97 Å². The van der Waals surface area contributed by atoms with Crippen LogP contribution >= 0.6 is 0 Å². The molecule has 3 aromatic heterocycles. The molecule has 6 heteroatoms. The van der Waals surface area contributed by atoms with Gasteiger partial charge in [-0.3, -0.25) is 0 Å². The van der Waals surface area contributed by atoms with E-state index in [2.05, 4.69) is 44.8 Å². The Hall–Kier alpha value is -2.94. The average Bonchev–Trinajstić information content (AvgIpc) is 3.14. The van der Waals surface area contributed by atoms with E-state index in [1.165, 1.54) is 10.9 Å². The van der Waals surface area contributed by atoms with Crippen molar-refractivity contribution < 1.29 is 0 Å². The molecular weight excluding hydrogens is 324 g/mol. The third kappa shape index (κ3) is 2.80. The minimum atomic E-state index is 0.240. The number of pyridine rings is 2. The highest BCUT2D eigenvalue weighted by Gasteiger charge is 2.26. The highest BCUT2D eigenvalue weighted by Crippen LogP contribution is 2.34. The van der Waals surface area contributed by atoms with Gasteiger partial charge in [-0.2, -0.15) is 10.3 Å². The van der Waals surface area contributed by atoms with Crippen molar-refractivity contribution in [3.05, 3.63) is 36.3 Å². The van der Waals surface area contributed by atoms with Crippen LogP contribution in [0.3, 0.4) is 0 Å². The van der Waals surface area contributed by atoms with Gasteiger partial charge < -0.3 is 9.88 Å². The SMILES string of the molecule is CC(C)C(=NC#N)N1CCC[C@H](c2cc[nH]c3cnc4nccc4c23)C1. The summed E-state index contributed by atoms with van der Waals surface area (Å²) in [5.41, 5.74) is 3.15. The maximum Gasteiger partial charge on any atom is 0.207 e. The number of hydrogen-bond acceptors (Lipinski definition) is 4. The van der Waals surface area contributed by atoms with E-state index in [9.17, 15) is 0 Å². The van der Waals surface area contributed by atoms with Gasteiger partial charge in [-0.05, 0) is 30.5 Å². The standard InChI is InChI=1S/C20H22N6/c1-13(2)20(25-12-21)26-9-3-4-14(11-26)15-5-7-22-17-10-24-19-16(18(15)17)6-8-23-19/h5-8,10,13-14,22H,3-4,9,11H2,1-2H3/t14-/m0/s1. The van der Waals surface area contributed by atoms with Gasteiger partial charge >= 0.3 is 0 Å². The predicted molar refractivity (Wildman–Crippen MR) is 103 cm³/mol. The van der Waals surface area contributed by atoms with E-state index < -0.39 is 0 Å². The van der Waals surface area contributed by atoms with Crippen molar-refractivity contribution in [1.82, 2.24) is 19.9 Å². The molecule has 0 saturated carbocycles. The molecule has 26 heavy (non-hydrogen) atoms. The van der Waals surface area contributed by atoms with E-state index in [0.29, 0.717) is 5.92 Å². The van der Waals surface area contributed by atoms with Crippen molar-refractivity contribution in [2.45, 2.75) is 32.6 Å². The van der Waals surface area contributed by atoms with Crippen LogP contribution in [-0.4, -0.2) is 38.8 Å². The number of fused-ring (bicyclic) bond motifs is 3. The lowest BCUT2D eigenvalue weighted by Gasteiger charge is -2.36. The molecule has 0 radical (unpaired) electrons. The van der Waals surface area contributed by atoms with Crippen LogP contribution in [0.5, 0.6) is 0 Å². The number of aliphatic imine (C=N–C) groups is 1. The smallest absolute Gasteiger partial charge is 0.207 e. The third-order valence-corrected chi connectivity index (χ3v) is 5.19. The van der Waals surface area contributed by atoms with Crippen molar-refractivity contribution in [1.29, 1.82) is 5.26 Å². The van der Waals surface area contributed by atoms with Gasteiger partial charge in [0, 0.05) is 48.1 Å². The van der Waals surface area contributed by atoms with E-state index in [4.69, 9.17) is 5.26 Å². The van der Waals surface area contributed by atoms with Crippen LogP contribution in [-0.2, 0) is 0 Å². The first-order valence-electron chi connectivity index (χ1n) is 9.11. The number of H-pyrrole nitrogens is 1. The number of aromatic nitrogens is 3. The van der Waals surface area contributed by atoms with E-state index >= 15 is 0 Å². The minimum Gasteiger partial charge on any atom is -0.360 e. The predicted octanol–water partition coefficient (Wildman–Crippen LogP) is 3.83. The molecule has 0 bridgehead atoms. The summed E-state index contributed by atoms with van der Waals surface area (Å²) in [6.07, 6.45) is 9.88. The molecule has 1 saturated heterocycles. The molecule has 6 nitrogen and oxygen atoms in total. The number of hydrogen-bond donors (Lipinski definition) is 1. The van der Waals surface area contributed by atoms with Crippen molar-refractivity contribution >= 4 is 27.8 Å². The Balaban J connectivity index is 1.77. The van der Waals surface area contributed by atoms with Gasteiger partial charge in [0.2, 0.25) is 6.19 Å². The van der Waals surface area contributed by atoms with Crippen LogP contribution in [0, 0.1) is 17.4 Å². The van der Waals surface area contributed by atoms with Crippen molar-refractivity contribution in [3.8, 4) is 6.19 Å². The van der Waals surface area contributed by atoms with Gasteiger partial charge in [-0.1, -0.05) is 13.8 Å². The highest BCUT2D eigenvalue weighted by molar-refractivity contribution is 6.05. The Bertz CT molecular complexity index is 1010. The Kier molecular flexibility index (Phi) is 4.29. The summed E-state index contributed by atoms with van der Waals surface area (Å²) in [7, 11) is 0. The summed E-state index contributed by atoms with van der Waals surface area (Å²) < 4.78 is 0. The van der Waals surface area contributed by atoms with Gasteiger partial charge in [0.15, 0.2) is 5.65 Å². The van der Waals surface area contributed by atoms with Gasteiger partial charge in [0.05, 0.1) is 11.7 Å². The first-order valence-corrected chi connectivity index (χ1v) is 9.11. The van der Waals surface area contributed by atoms with Gasteiger partial charge in [0.1, 0.15) is 5.84 Å². The summed E-state index contributed by atoms with van der Waals surface area (Å²) in [4.78, 5) is 18.5. The molecule has 0 amide bonds. The number of nitrogens with one attached hydrogen (secondary N) is 1. The lowest BCUT2D eigenvalue weighted by atomic mass is 9.87. The van der Waals surface area contributed by atoms with E-state index in [0.717, 1.165) is 48.3 Å². The molecule has 0 aromatic carbocycles. The second kappa shape index (κ2) is 6.75. The molecule has 1 aliphatic rings. The minimum absolute atomic E-state index is 0.240. The van der Waals surface area contributed by atoms with Crippen molar-refractivity contribution in [2.75, 3.05) is 13.1 Å². The molecule has 1 atom stereocenters. The molecule has 0 spiro atoms. The first-order chi connectivity index (χ1) is 12.7. The van der Waals surface area contributed by atoms with Crippen LogP contribution in [0.15, 0.2) is 35.7 Å². The molecule has 132 valence electrons.